The van der Waals surface area contributed by atoms with Crippen molar-refractivity contribution in [3.63, 3.8) is 0 Å². The first kappa shape index (κ1) is 28.8. The van der Waals surface area contributed by atoms with Crippen molar-refractivity contribution < 1.29 is 28.3 Å². The van der Waals surface area contributed by atoms with Gasteiger partial charge in [-0.15, -0.1) is 0 Å². The molecule has 38 heavy (non-hydrogen) atoms. The van der Waals surface area contributed by atoms with Crippen molar-refractivity contribution in [1.29, 1.82) is 0 Å². The normalized spacial score (nSPS) is 21.4. The highest BCUT2D eigenvalue weighted by Gasteiger charge is 2.31. The van der Waals surface area contributed by atoms with Gasteiger partial charge >= 0.3 is 0 Å². The standard InChI is InChI=1S/C27H37N5O6/c1-17(2)23-26(36)30-20(15-18-9-5-4-6-10-18)27-31-21(16-38-27)24(34)28-13-8-7-11-19(25(35)32-23)29-22(33)12-14-37-3/h4-6,9-10,16-17,19-20,23H,7-8,11-15H2,1-3H3,(H,28,34)(H,29,33)(H,30,36)(H,32,35)/t19-,20+,23-/m0/s1. The van der Waals surface area contributed by atoms with Crippen molar-refractivity contribution in [3.8, 4) is 0 Å². The molecule has 0 fully saturated rings. The summed E-state index contributed by atoms with van der Waals surface area (Å²) in [6.07, 6.45) is 3.25. The molecule has 0 saturated carbocycles. The second-order valence-electron chi connectivity index (χ2n) is 9.67. The molecule has 2 heterocycles. The molecule has 4 amide bonds. The van der Waals surface area contributed by atoms with Gasteiger partial charge in [-0.1, -0.05) is 44.2 Å². The lowest BCUT2D eigenvalue weighted by Gasteiger charge is -2.27. The van der Waals surface area contributed by atoms with Gasteiger partial charge in [0.15, 0.2) is 5.69 Å². The number of hydrogen-bond donors (Lipinski definition) is 4. The van der Waals surface area contributed by atoms with E-state index in [1.165, 1.54) is 13.4 Å². The number of carbonyl (C=O) groups excluding carboxylic acids is 4. The Morgan fingerprint density at radius 2 is 1.89 bits per heavy atom. The van der Waals surface area contributed by atoms with Crippen LogP contribution in [0.3, 0.4) is 0 Å². The van der Waals surface area contributed by atoms with Crippen LogP contribution in [0.1, 0.15) is 67.5 Å². The molecule has 0 aliphatic carbocycles. The summed E-state index contributed by atoms with van der Waals surface area (Å²) in [4.78, 5) is 56.0. The van der Waals surface area contributed by atoms with E-state index in [0.29, 0.717) is 32.2 Å². The van der Waals surface area contributed by atoms with Gasteiger partial charge in [-0.3, -0.25) is 19.2 Å². The summed E-state index contributed by atoms with van der Waals surface area (Å²) in [6, 6.07) is 7.12. The monoisotopic (exact) mass is 527 g/mol. The van der Waals surface area contributed by atoms with Crippen molar-refractivity contribution >= 4 is 23.6 Å². The Hall–Kier alpha value is -3.73. The average molecular weight is 528 g/mol. The van der Waals surface area contributed by atoms with Crippen molar-refractivity contribution in [1.82, 2.24) is 26.3 Å². The Morgan fingerprint density at radius 1 is 1.13 bits per heavy atom. The molecule has 1 aromatic carbocycles. The third kappa shape index (κ3) is 8.41. The predicted molar refractivity (Wildman–Crippen MR) is 139 cm³/mol. The molecule has 3 atom stereocenters. The maximum atomic E-state index is 13.5. The largest absolute Gasteiger partial charge is 0.446 e. The Bertz CT molecular complexity index is 1090. The first-order valence-corrected chi connectivity index (χ1v) is 12.9. The number of methoxy groups -OCH3 is 1. The van der Waals surface area contributed by atoms with Crippen LogP contribution in [0, 0.1) is 5.92 Å². The number of ether oxygens (including phenoxy) is 1. The third-order valence-electron chi connectivity index (χ3n) is 6.29. The molecule has 4 N–H and O–H groups in total. The Balaban J connectivity index is 1.87. The minimum atomic E-state index is -0.871. The molecular weight excluding hydrogens is 490 g/mol. The predicted octanol–water partition coefficient (Wildman–Crippen LogP) is 1.65. The number of hydrogen-bond acceptors (Lipinski definition) is 7. The van der Waals surface area contributed by atoms with Crippen LogP contribution in [0.25, 0.3) is 0 Å². The molecule has 3 rings (SSSR count). The second kappa shape index (κ2) is 14.3. The average Bonchev–Trinajstić information content (AvgIpc) is 3.39. The van der Waals surface area contributed by atoms with E-state index in [1.54, 1.807) is 0 Å². The summed E-state index contributed by atoms with van der Waals surface area (Å²) in [5.41, 5.74) is 1.05. The van der Waals surface area contributed by atoms with E-state index in [9.17, 15) is 19.2 Å². The minimum absolute atomic E-state index is 0.114. The summed E-state index contributed by atoms with van der Waals surface area (Å²) in [5, 5.41) is 11.3. The molecular formula is C27H37N5O6. The molecule has 0 radical (unpaired) electrons. The van der Waals surface area contributed by atoms with Crippen LogP contribution >= 0.6 is 0 Å². The smallest absolute Gasteiger partial charge is 0.273 e. The lowest BCUT2D eigenvalue weighted by molar-refractivity contribution is -0.133. The van der Waals surface area contributed by atoms with Crippen molar-refractivity contribution in [2.24, 2.45) is 5.92 Å². The van der Waals surface area contributed by atoms with E-state index in [2.05, 4.69) is 26.3 Å². The molecule has 1 aromatic heterocycles. The number of oxazole rings is 1. The summed E-state index contributed by atoms with van der Waals surface area (Å²) in [6.45, 7) is 4.25. The highest BCUT2D eigenvalue weighted by molar-refractivity contribution is 5.93. The quantitative estimate of drug-likeness (QED) is 0.427. The molecule has 0 unspecified atom stereocenters. The van der Waals surface area contributed by atoms with E-state index in [4.69, 9.17) is 9.15 Å². The summed E-state index contributed by atoms with van der Waals surface area (Å²) in [5.74, 6) is -1.63. The minimum Gasteiger partial charge on any atom is -0.446 e. The van der Waals surface area contributed by atoms with Gasteiger partial charge in [0, 0.05) is 26.5 Å². The first-order chi connectivity index (χ1) is 18.3. The number of nitrogens with one attached hydrogen (secondary N) is 4. The number of fused-ring (bicyclic) bond motifs is 2. The zero-order chi connectivity index (χ0) is 27.5. The molecule has 206 valence electrons. The van der Waals surface area contributed by atoms with Gasteiger partial charge in [0.1, 0.15) is 24.4 Å². The van der Waals surface area contributed by atoms with E-state index in [1.807, 2.05) is 44.2 Å². The van der Waals surface area contributed by atoms with E-state index in [-0.39, 0.29) is 42.3 Å². The molecule has 1 aliphatic rings. The SMILES string of the molecule is COCCC(=O)N[C@H]1CCCCNC(=O)c2coc(n2)[C@@H](Cc2ccccc2)NC(=O)[C@H](C(C)C)NC1=O. The fourth-order valence-electron chi connectivity index (χ4n) is 4.15. The van der Waals surface area contributed by atoms with Crippen LogP contribution in [-0.4, -0.2) is 61.0 Å². The second-order valence-corrected chi connectivity index (χ2v) is 9.67. The zero-order valence-corrected chi connectivity index (χ0v) is 22.1. The summed E-state index contributed by atoms with van der Waals surface area (Å²) < 4.78 is 10.6. The molecule has 0 saturated heterocycles. The van der Waals surface area contributed by atoms with Gasteiger partial charge in [0.25, 0.3) is 5.91 Å². The maximum absolute atomic E-state index is 13.5. The number of aromatic nitrogens is 1. The van der Waals surface area contributed by atoms with Crippen LogP contribution in [0.2, 0.25) is 0 Å². The lowest BCUT2D eigenvalue weighted by Crippen LogP contribution is -2.56. The van der Waals surface area contributed by atoms with Crippen LogP contribution in [-0.2, 0) is 25.5 Å². The van der Waals surface area contributed by atoms with Gasteiger partial charge in [-0.2, -0.15) is 0 Å². The summed E-state index contributed by atoms with van der Waals surface area (Å²) in [7, 11) is 1.50. The number of benzene rings is 1. The lowest BCUT2D eigenvalue weighted by atomic mass is 10.00. The van der Waals surface area contributed by atoms with Crippen LogP contribution in [0.15, 0.2) is 41.0 Å². The molecule has 11 nitrogen and oxygen atoms in total. The Labute approximate surface area is 222 Å². The maximum Gasteiger partial charge on any atom is 0.273 e. The van der Waals surface area contributed by atoms with E-state index < -0.39 is 29.9 Å². The first-order valence-electron chi connectivity index (χ1n) is 12.9. The highest BCUT2D eigenvalue weighted by Crippen LogP contribution is 2.20. The van der Waals surface area contributed by atoms with Gasteiger partial charge in [0.2, 0.25) is 23.6 Å². The highest BCUT2D eigenvalue weighted by atomic mass is 16.5. The van der Waals surface area contributed by atoms with Gasteiger partial charge in [-0.25, -0.2) is 4.98 Å². The Morgan fingerprint density at radius 3 is 2.61 bits per heavy atom. The topological polar surface area (TPSA) is 152 Å². The fraction of sp³-hybridized carbons (Fsp3) is 0.519. The number of nitrogens with zero attached hydrogens (tertiary/aromatic N) is 1. The molecule has 1 aliphatic heterocycles. The van der Waals surface area contributed by atoms with Crippen molar-refractivity contribution in [2.75, 3.05) is 20.3 Å². The van der Waals surface area contributed by atoms with Gasteiger partial charge in [-0.05, 0) is 30.7 Å². The number of amides is 4. The number of rotatable bonds is 7. The van der Waals surface area contributed by atoms with E-state index in [0.717, 1.165) is 5.56 Å². The van der Waals surface area contributed by atoms with Gasteiger partial charge < -0.3 is 30.4 Å². The summed E-state index contributed by atoms with van der Waals surface area (Å²) >= 11 is 0. The Kier molecular flexibility index (Phi) is 10.8. The molecule has 11 heteroatoms. The number of carbonyl (C=O) groups is 4. The fourth-order valence-corrected chi connectivity index (χ4v) is 4.15. The van der Waals surface area contributed by atoms with E-state index >= 15 is 0 Å². The zero-order valence-electron chi connectivity index (χ0n) is 22.1. The van der Waals surface area contributed by atoms with Gasteiger partial charge in [0.05, 0.1) is 6.61 Å². The molecule has 2 aromatic rings. The van der Waals surface area contributed by atoms with Crippen LogP contribution < -0.4 is 21.3 Å². The van der Waals surface area contributed by atoms with Crippen molar-refractivity contribution in [3.05, 3.63) is 53.7 Å². The van der Waals surface area contributed by atoms with Crippen molar-refractivity contribution in [2.45, 2.75) is 64.1 Å². The molecule has 0 spiro atoms. The third-order valence-corrected chi connectivity index (χ3v) is 6.29. The molecule has 2 bridgehead atoms. The van der Waals surface area contributed by atoms with Crippen LogP contribution in [0.4, 0.5) is 0 Å². The van der Waals surface area contributed by atoms with Crippen LogP contribution in [0.5, 0.6) is 0 Å².